The molecule has 4 aliphatic rings. The maximum absolute atomic E-state index is 7.02. The largest absolute Gasteiger partial charge is 0.413 e. The highest BCUT2D eigenvalue weighted by Crippen LogP contribution is 2.46. The molecular weight excluding hydrogens is 588 g/mol. The van der Waals surface area contributed by atoms with Crippen molar-refractivity contribution in [1.29, 1.82) is 0 Å². The highest BCUT2D eigenvalue weighted by atomic mass is 28.4. The molecule has 0 spiro atoms. The van der Waals surface area contributed by atoms with Gasteiger partial charge in [0.2, 0.25) is 0 Å². The standard InChI is InChI=1S/C32H60O11Si/c1-19(2)44(20(3)4,21(5)6)37-16-25-26(36-18-34-12)24(35-17-33-11)15-22(38-25)13-14-23-27-28(41-31(7,8)40-27)29-30(39-23)43-32(9,10)42-29/h19-30H,13-18H2,1-12H3/t22-,23+,24+,25+,26-,27-,28-,29+,30+/m0/s1. The molecule has 0 N–H and O–H groups in total. The molecule has 258 valence electrons. The molecule has 0 radical (unpaired) electrons. The minimum Gasteiger partial charge on any atom is -0.413 e. The summed E-state index contributed by atoms with van der Waals surface area (Å²) in [6.07, 6.45) is -0.707. The first-order valence-corrected chi connectivity index (χ1v) is 18.6. The first kappa shape index (κ1) is 36.6. The molecule has 4 rings (SSSR count). The highest BCUT2D eigenvalue weighted by molar-refractivity contribution is 6.77. The van der Waals surface area contributed by atoms with E-state index < -0.39 is 26.2 Å². The average molecular weight is 649 g/mol. The van der Waals surface area contributed by atoms with Gasteiger partial charge in [-0.05, 0) is 57.2 Å². The van der Waals surface area contributed by atoms with Crippen molar-refractivity contribution in [3.63, 3.8) is 0 Å². The first-order chi connectivity index (χ1) is 20.6. The van der Waals surface area contributed by atoms with Crippen LogP contribution in [0.25, 0.3) is 0 Å². The molecule has 0 bridgehead atoms. The van der Waals surface area contributed by atoms with Crippen LogP contribution in [0, 0.1) is 0 Å². The van der Waals surface area contributed by atoms with Crippen LogP contribution in [-0.4, -0.2) is 109 Å². The number of ether oxygens (including phenoxy) is 10. The SMILES string of the molecule is COCO[C@H]1[C@H](OCOC)C[C@H](CC[C@H]2O[C@@H]3OC(C)(C)O[C@@H]3[C@H]3OC(C)(C)O[C@H]32)O[C@@H]1CO[Si](C(C)C)(C(C)C)C(C)C. The van der Waals surface area contributed by atoms with E-state index in [1.807, 2.05) is 27.7 Å². The maximum Gasteiger partial charge on any atom is 0.200 e. The van der Waals surface area contributed by atoms with Crippen LogP contribution < -0.4 is 0 Å². The van der Waals surface area contributed by atoms with Crippen LogP contribution in [0.5, 0.6) is 0 Å². The summed E-state index contributed by atoms with van der Waals surface area (Å²) in [5.41, 5.74) is 1.35. The van der Waals surface area contributed by atoms with Gasteiger partial charge in [0.1, 0.15) is 44.1 Å². The molecule has 0 saturated carbocycles. The van der Waals surface area contributed by atoms with E-state index in [1.54, 1.807) is 14.2 Å². The molecule has 0 aromatic heterocycles. The van der Waals surface area contributed by atoms with E-state index in [0.29, 0.717) is 36.1 Å². The van der Waals surface area contributed by atoms with Crippen LogP contribution in [0.4, 0.5) is 0 Å². The Morgan fingerprint density at radius 1 is 0.682 bits per heavy atom. The van der Waals surface area contributed by atoms with E-state index in [1.165, 1.54) is 0 Å². The normalized spacial score (nSPS) is 36.8. The topological polar surface area (TPSA) is 102 Å². The predicted molar refractivity (Wildman–Crippen MR) is 166 cm³/mol. The summed E-state index contributed by atoms with van der Waals surface area (Å²) in [5.74, 6) is -1.50. The summed E-state index contributed by atoms with van der Waals surface area (Å²) in [6.45, 7) is 22.1. The van der Waals surface area contributed by atoms with Gasteiger partial charge in [-0.1, -0.05) is 41.5 Å². The lowest BCUT2D eigenvalue weighted by atomic mass is 9.91. The molecule has 0 unspecified atom stereocenters. The molecular formula is C32H60O11Si. The molecule has 0 aromatic rings. The molecule has 4 saturated heterocycles. The minimum atomic E-state index is -2.15. The Kier molecular flexibility index (Phi) is 12.4. The van der Waals surface area contributed by atoms with Crippen molar-refractivity contribution in [2.24, 2.45) is 0 Å². The van der Waals surface area contributed by atoms with Crippen LogP contribution in [0.15, 0.2) is 0 Å². The van der Waals surface area contributed by atoms with Crippen molar-refractivity contribution < 1.29 is 51.8 Å². The van der Waals surface area contributed by atoms with Crippen LogP contribution in [0.1, 0.15) is 88.5 Å². The van der Waals surface area contributed by atoms with E-state index in [0.717, 1.165) is 6.42 Å². The molecule has 0 aromatic carbocycles. The molecule has 11 nitrogen and oxygen atoms in total. The third kappa shape index (κ3) is 8.07. The Morgan fingerprint density at radius 3 is 1.86 bits per heavy atom. The number of hydrogen-bond acceptors (Lipinski definition) is 11. The van der Waals surface area contributed by atoms with Crippen molar-refractivity contribution in [3.8, 4) is 0 Å². The lowest BCUT2D eigenvalue weighted by Crippen LogP contribution is -2.57. The van der Waals surface area contributed by atoms with Crippen LogP contribution in [0.3, 0.4) is 0 Å². The zero-order valence-electron chi connectivity index (χ0n) is 29.2. The lowest BCUT2D eigenvalue weighted by Gasteiger charge is -2.46. The summed E-state index contributed by atoms with van der Waals surface area (Å²) in [7, 11) is 1.10. The Bertz CT molecular complexity index is 878. The second-order valence-corrected chi connectivity index (χ2v) is 20.1. The lowest BCUT2D eigenvalue weighted by molar-refractivity contribution is -0.249. The van der Waals surface area contributed by atoms with Gasteiger partial charge in [-0.25, -0.2) is 0 Å². The summed E-state index contributed by atoms with van der Waals surface area (Å²) in [6, 6.07) is 0. The third-order valence-corrected chi connectivity index (χ3v) is 15.7. The molecule has 44 heavy (non-hydrogen) atoms. The Labute approximate surface area is 266 Å². The van der Waals surface area contributed by atoms with Gasteiger partial charge in [-0.15, -0.1) is 0 Å². The zero-order valence-corrected chi connectivity index (χ0v) is 30.2. The van der Waals surface area contributed by atoms with E-state index in [2.05, 4.69) is 41.5 Å². The fourth-order valence-corrected chi connectivity index (χ4v) is 13.5. The molecule has 4 aliphatic heterocycles. The molecule has 12 heteroatoms. The van der Waals surface area contributed by atoms with E-state index >= 15 is 0 Å². The monoisotopic (exact) mass is 648 g/mol. The van der Waals surface area contributed by atoms with Crippen LogP contribution in [0.2, 0.25) is 16.6 Å². The molecule has 0 aliphatic carbocycles. The summed E-state index contributed by atoms with van der Waals surface area (Å²) < 4.78 is 68.3. The van der Waals surface area contributed by atoms with E-state index in [-0.39, 0.29) is 62.4 Å². The number of rotatable bonds is 15. The summed E-state index contributed by atoms with van der Waals surface area (Å²) in [5, 5.41) is 0. The van der Waals surface area contributed by atoms with E-state index in [4.69, 9.17) is 51.8 Å². The second-order valence-electron chi connectivity index (χ2n) is 14.6. The number of methoxy groups -OCH3 is 2. The van der Waals surface area contributed by atoms with E-state index in [9.17, 15) is 0 Å². The summed E-state index contributed by atoms with van der Waals surface area (Å²) >= 11 is 0. The van der Waals surface area contributed by atoms with Gasteiger partial charge < -0.3 is 51.8 Å². The number of hydrogen-bond donors (Lipinski definition) is 0. The Balaban J connectivity index is 1.51. The Hall–Kier alpha value is -0.223. The fraction of sp³-hybridized carbons (Fsp3) is 1.00. The first-order valence-electron chi connectivity index (χ1n) is 16.5. The highest BCUT2D eigenvalue weighted by Gasteiger charge is 2.60. The number of fused-ring (bicyclic) bond motifs is 3. The third-order valence-electron chi connectivity index (χ3n) is 9.60. The second kappa shape index (κ2) is 14.9. The van der Waals surface area contributed by atoms with Crippen molar-refractivity contribution in [2.45, 2.75) is 172 Å². The smallest absolute Gasteiger partial charge is 0.200 e. The van der Waals surface area contributed by atoms with Crippen molar-refractivity contribution in [3.05, 3.63) is 0 Å². The Morgan fingerprint density at radius 2 is 1.25 bits per heavy atom. The summed E-state index contributed by atoms with van der Waals surface area (Å²) in [4.78, 5) is 0. The van der Waals surface area contributed by atoms with Crippen molar-refractivity contribution in [1.82, 2.24) is 0 Å². The zero-order chi connectivity index (χ0) is 32.4. The van der Waals surface area contributed by atoms with Gasteiger partial charge >= 0.3 is 0 Å². The maximum atomic E-state index is 7.02. The van der Waals surface area contributed by atoms with Gasteiger partial charge in [0.05, 0.1) is 24.9 Å². The minimum absolute atomic E-state index is 0.117. The van der Waals surface area contributed by atoms with Crippen molar-refractivity contribution in [2.75, 3.05) is 34.4 Å². The molecule has 4 fully saturated rings. The fourth-order valence-electron chi connectivity index (χ4n) is 8.01. The van der Waals surface area contributed by atoms with Gasteiger partial charge in [0, 0.05) is 20.6 Å². The molecule has 0 amide bonds. The molecule has 9 atom stereocenters. The molecule has 4 heterocycles. The van der Waals surface area contributed by atoms with Crippen LogP contribution in [-0.2, 0) is 51.8 Å². The van der Waals surface area contributed by atoms with Gasteiger partial charge in [-0.3, -0.25) is 0 Å². The van der Waals surface area contributed by atoms with Crippen molar-refractivity contribution >= 4 is 8.32 Å². The quantitative estimate of drug-likeness (QED) is 0.166. The predicted octanol–water partition coefficient (Wildman–Crippen LogP) is 5.49. The van der Waals surface area contributed by atoms with Gasteiger partial charge in [-0.2, -0.15) is 0 Å². The van der Waals surface area contributed by atoms with Gasteiger partial charge in [0.15, 0.2) is 26.2 Å². The van der Waals surface area contributed by atoms with Crippen LogP contribution >= 0.6 is 0 Å². The van der Waals surface area contributed by atoms with Gasteiger partial charge in [0.25, 0.3) is 0 Å². The average Bonchev–Trinajstić information content (AvgIpc) is 3.43.